The predicted molar refractivity (Wildman–Crippen MR) is 68.6 cm³/mol. The largest absolute Gasteiger partial charge is 0.306 e. The molecular weight excluding hydrogens is 278 g/mol. The van der Waals surface area contributed by atoms with Crippen molar-refractivity contribution in [3.63, 3.8) is 0 Å². The van der Waals surface area contributed by atoms with Gasteiger partial charge in [-0.1, -0.05) is 23.2 Å². The molecule has 6 heteroatoms. The molecule has 0 aliphatic carbocycles. The van der Waals surface area contributed by atoms with Crippen LogP contribution in [0.25, 0.3) is 0 Å². The first-order chi connectivity index (χ1) is 8.56. The van der Waals surface area contributed by atoms with Crippen molar-refractivity contribution >= 4 is 34.9 Å². The maximum absolute atomic E-state index is 13.5. The van der Waals surface area contributed by atoms with Crippen molar-refractivity contribution < 1.29 is 9.18 Å². The Morgan fingerprint density at radius 3 is 2.56 bits per heavy atom. The smallest absolute Gasteiger partial charge is 0.259 e. The van der Waals surface area contributed by atoms with E-state index in [2.05, 4.69) is 10.3 Å². The number of hydrogen-bond donors (Lipinski definition) is 1. The Morgan fingerprint density at radius 1 is 1.17 bits per heavy atom. The summed E-state index contributed by atoms with van der Waals surface area (Å²) in [5.41, 5.74) is -0.110. The van der Waals surface area contributed by atoms with Crippen LogP contribution in [0, 0.1) is 5.82 Å². The molecule has 1 heterocycles. The molecule has 3 nitrogen and oxygen atoms in total. The second-order valence-corrected chi connectivity index (χ2v) is 4.31. The molecule has 2 rings (SSSR count). The lowest BCUT2D eigenvalue weighted by Gasteiger charge is -2.05. The molecular formula is C12H7Cl2FN2O. The van der Waals surface area contributed by atoms with Crippen LogP contribution in [-0.2, 0) is 0 Å². The van der Waals surface area contributed by atoms with E-state index >= 15 is 0 Å². The summed E-state index contributed by atoms with van der Waals surface area (Å²) in [5, 5.41) is 3.10. The van der Waals surface area contributed by atoms with Crippen LogP contribution >= 0.6 is 23.2 Å². The zero-order valence-corrected chi connectivity index (χ0v) is 10.5. The Morgan fingerprint density at radius 2 is 1.89 bits per heavy atom. The minimum absolute atomic E-state index is 0.110. The van der Waals surface area contributed by atoms with E-state index in [0.717, 1.165) is 6.07 Å². The monoisotopic (exact) mass is 284 g/mol. The number of carbonyl (C=O) groups excluding carboxylic acids is 1. The lowest BCUT2D eigenvalue weighted by molar-refractivity contribution is 0.102. The van der Waals surface area contributed by atoms with Gasteiger partial charge in [-0.25, -0.2) is 9.37 Å². The number of pyridine rings is 1. The zero-order valence-electron chi connectivity index (χ0n) is 8.95. The summed E-state index contributed by atoms with van der Waals surface area (Å²) in [6, 6.07) is 6.84. The molecule has 92 valence electrons. The predicted octanol–water partition coefficient (Wildman–Crippen LogP) is 3.78. The number of aromatic nitrogens is 1. The third kappa shape index (κ3) is 2.97. The third-order valence-corrected chi connectivity index (χ3v) is 2.61. The minimum Gasteiger partial charge on any atom is -0.306 e. The van der Waals surface area contributed by atoms with Gasteiger partial charge >= 0.3 is 0 Å². The quantitative estimate of drug-likeness (QED) is 0.912. The van der Waals surface area contributed by atoms with E-state index in [0.29, 0.717) is 5.02 Å². The van der Waals surface area contributed by atoms with Crippen LogP contribution in [0.1, 0.15) is 10.4 Å². The second kappa shape index (κ2) is 5.33. The van der Waals surface area contributed by atoms with Gasteiger partial charge in [-0.2, -0.15) is 0 Å². The topological polar surface area (TPSA) is 42.0 Å². The Labute approximate surface area is 113 Å². The summed E-state index contributed by atoms with van der Waals surface area (Å²) in [6.45, 7) is 0. The number of halogens is 3. The molecule has 0 fully saturated rings. The fourth-order valence-corrected chi connectivity index (χ4v) is 1.65. The van der Waals surface area contributed by atoms with Crippen molar-refractivity contribution in [3.05, 3.63) is 58.0 Å². The Hall–Kier alpha value is -1.65. The van der Waals surface area contributed by atoms with Crippen molar-refractivity contribution in [2.45, 2.75) is 0 Å². The summed E-state index contributed by atoms with van der Waals surface area (Å²) < 4.78 is 13.5. The number of nitrogens with one attached hydrogen (secondary N) is 1. The molecule has 0 aliphatic rings. The molecule has 0 bridgehead atoms. The number of nitrogens with zero attached hydrogens (tertiary/aromatic N) is 1. The fraction of sp³-hybridized carbons (Fsp3) is 0. The van der Waals surface area contributed by atoms with Gasteiger partial charge in [0.1, 0.15) is 11.6 Å². The summed E-state index contributed by atoms with van der Waals surface area (Å²) in [5.74, 6) is -1.05. The van der Waals surface area contributed by atoms with Crippen molar-refractivity contribution in [1.82, 2.24) is 4.98 Å². The van der Waals surface area contributed by atoms with E-state index in [1.807, 2.05) is 0 Å². The lowest BCUT2D eigenvalue weighted by Crippen LogP contribution is -2.14. The molecule has 2 aromatic rings. The van der Waals surface area contributed by atoms with Gasteiger partial charge in [-0.05, 0) is 30.3 Å². The zero-order chi connectivity index (χ0) is 13.1. The SMILES string of the molecule is O=C(Nc1cc(Cl)ccn1)c1ccc(Cl)cc1F. The van der Waals surface area contributed by atoms with Gasteiger partial charge in [0.05, 0.1) is 5.56 Å². The van der Waals surface area contributed by atoms with Gasteiger partial charge in [0.25, 0.3) is 5.91 Å². The van der Waals surface area contributed by atoms with Gasteiger partial charge in [-0.15, -0.1) is 0 Å². The molecule has 0 aliphatic heterocycles. The maximum atomic E-state index is 13.5. The van der Waals surface area contributed by atoms with Crippen LogP contribution in [0.5, 0.6) is 0 Å². The average molecular weight is 285 g/mol. The molecule has 0 radical (unpaired) electrons. The van der Waals surface area contributed by atoms with E-state index in [-0.39, 0.29) is 16.4 Å². The number of rotatable bonds is 2. The van der Waals surface area contributed by atoms with Crippen molar-refractivity contribution in [2.24, 2.45) is 0 Å². The first-order valence-electron chi connectivity index (χ1n) is 4.94. The van der Waals surface area contributed by atoms with E-state index in [1.165, 1.54) is 24.4 Å². The van der Waals surface area contributed by atoms with Gasteiger partial charge < -0.3 is 5.32 Å². The summed E-state index contributed by atoms with van der Waals surface area (Å²) >= 11 is 11.3. The van der Waals surface area contributed by atoms with Gasteiger partial charge in [0.15, 0.2) is 0 Å². The van der Waals surface area contributed by atoms with Crippen molar-refractivity contribution in [3.8, 4) is 0 Å². The summed E-state index contributed by atoms with van der Waals surface area (Å²) in [6.07, 6.45) is 1.44. The average Bonchev–Trinajstić information content (AvgIpc) is 2.28. The molecule has 1 aromatic heterocycles. The Bertz CT molecular complexity index is 604. The van der Waals surface area contributed by atoms with E-state index in [1.54, 1.807) is 6.07 Å². The number of anilines is 1. The maximum Gasteiger partial charge on any atom is 0.259 e. The van der Waals surface area contributed by atoms with E-state index in [4.69, 9.17) is 23.2 Å². The standard InChI is InChI=1S/C12H7Cl2FN2O/c13-7-1-2-9(10(15)5-7)12(18)17-11-6-8(14)3-4-16-11/h1-6H,(H,16,17,18). The highest BCUT2D eigenvalue weighted by atomic mass is 35.5. The van der Waals surface area contributed by atoms with E-state index in [9.17, 15) is 9.18 Å². The molecule has 0 spiro atoms. The molecule has 0 atom stereocenters. The van der Waals surface area contributed by atoms with Crippen LogP contribution in [0.3, 0.4) is 0 Å². The molecule has 1 aromatic carbocycles. The molecule has 1 amide bonds. The third-order valence-electron chi connectivity index (χ3n) is 2.14. The normalized spacial score (nSPS) is 10.2. The number of carbonyl (C=O) groups is 1. The number of hydrogen-bond acceptors (Lipinski definition) is 2. The van der Waals surface area contributed by atoms with Crippen LogP contribution < -0.4 is 5.32 Å². The molecule has 0 unspecified atom stereocenters. The highest BCUT2D eigenvalue weighted by Crippen LogP contribution is 2.17. The highest BCUT2D eigenvalue weighted by Gasteiger charge is 2.12. The van der Waals surface area contributed by atoms with Crippen molar-refractivity contribution in [1.29, 1.82) is 0 Å². The lowest BCUT2D eigenvalue weighted by atomic mass is 10.2. The van der Waals surface area contributed by atoms with Crippen molar-refractivity contribution in [2.75, 3.05) is 5.32 Å². The number of amides is 1. The highest BCUT2D eigenvalue weighted by molar-refractivity contribution is 6.31. The minimum atomic E-state index is -0.693. The van der Waals surface area contributed by atoms with Gasteiger partial charge in [0, 0.05) is 16.2 Å². The van der Waals surface area contributed by atoms with Crippen LogP contribution in [0.2, 0.25) is 10.0 Å². The van der Waals surface area contributed by atoms with Crippen LogP contribution in [0.15, 0.2) is 36.5 Å². The van der Waals surface area contributed by atoms with Gasteiger partial charge in [0.2, 0.25) is 0 Å². The molecule has 0 saturated heterocycles. The first kappa shape index (κ1) is 12.8. The Balaban J connectivity index is 2.22. The first-order valence-corrected chi connectivity index (χ1v) is 5.70. The summed E-state index contributed by atoms with van der Waals surface area (Å²) in [7, 11) is 0. The Kier molecular flexibility index (Phi) is 3.79. The van der Waals surface area contributed by atoms with Gasteiger partial charge in [-0.3, -0.25) is 4.79 Å². The molecule has 18 heavy (non-hydrogen) atoms. The van der Waals surface area contributed by atoms with Crippen LogP contribution in [-0.4, -0.2) is 10.9 Å². The van der Waals surface area contributed by atoms with E-state index < -0.39 is 11.7 Å². The molecule has 1 N–H and O–H groups in total. The number of benzene rings is 1. The fourth-order valence-electron chi connectivity index (χ4n) is 1.33. The second-order valence-electron chi connectivity index (χ2n) is 3.44. The summed E-state index contributed by atoms with van der Waals surface area (Å²) in [4.78, 5) is 15.7. The molecule has 0 saturated carbocycles. The van der Waals surface area contributed by atoms with Crippen LogP contribution in [0.4, 0.5) is 10.2 Å².